The van der Waals surface area contributed by atoms with Gasteiger partial charge in [-0.3, -0.25) is 9.59 Å². The summed E-state index contributed by atoms with van der Waals surface area (Å²) in [6.45, 7) is 2.32. The van der Waals surface area contributed by atoms with Crippen LogP contribution in [0.1, 0.15) is 29.3 Å². The molecule has 1 N–H and O–H groups in total. The van der Waals surface area contributed by atoms with Crippen LogP contribution in [0.4, 0.5) is 11.4 Å². The summed E-state index contributed by atoms with van der Waals surface area (Å²) in [6, 6.07) is 12.4. The van der Waals surface area contributed by atoms with Gasteiger partial charge >= 0.3 is 0 Å². The fourth-order valence-corrected chi connectivity index (χ4v) is 2.93. The van der Waals surface area contributed by atoms with E-state index in [4.69, 9.17) is 11.6 Å². The Morgan fingerprint density at radius 3 is 2.57 bits per heavy atom. The molecular formula is C18H17ClN2O2. The standard InChI is InChI=1S/C18H17ClN2O2/c1-12(22)21-10-2-3-14-11-16(8-9-17(14)21)20-18(23)13-4-6-15(19)7-5-13/h4-9,11H,2-3,10H2,1H3,(H,20,23). The van der Waals surface area contributed by atoms with E-state index in [-0.39, 0.29) is 11.8 Å². The Labute approximate surface area is 140 Å². The van der Waals surface area contributed by atoms with Crippen LogP contribution >= 0.6 is 11.6 Å². The molecule has 3 rings (SSSR count). The SMILES string of the molecule is CC(=O)N1CCCc2cc(NC(=O)c3ccc(Cl)cc3)ccc21. The lowest BCUT2D eigenvalue weighted by atomic mass is 10.0. The van der Waals surface area contributed by atoms with E-state index in [1.165, 1.54) is 0 Å². The zero-order chi connectivity index (χ0) is 16.4. The number of hydrogen-bond acceptors (Lipinski definition) is 2. The van der Waals surface area contributed by atoms with Crippen LogP contribution in [-0.2, 0) is 11.2 Å². The Balaban J connectivity index is 1.81. The van der Waals surface area contributed by atoms with Crippen LogP contribution in [0.3, 0.4) is 0 Å². The fraction of sp³-hybridized carbons (Fsp3) is 0.222. The van der Waals surface area contributed by atoms with E-state index in [0.29, 0.717) is 10.6 Å². The van der Waals surface area contributed by atoms with Crippen LogP contribution in [-0.4, -0.2) is 18.4 Å². The highest BCUT2D eigenvalue weighted by Crippen LogP contribution is 2.30. The molecule has 1 aliphatic rings. The van der Waals surface area contributed by atoms with Crippen molar-refractivity contribution in [3.63, 3.8) is 0 Å². The summed E-state index contributed by atoms with van der Waals surface area (Å²) in [5, 5.41) is 3.48. The van der Waals surface area contributed by atoms with E-state index in [1.54, 1.807) is 36.1 Å². The van der Waals surface area contributed by atoms with Gasteiger partial charge < -0.3 is 10.2 Å². The maximum atomic E-state index is 12.2. The monoisotopic (exact) mass is 328 g/mol. The number of anilines is 2. The lowest BCUT2D eigenvalue weighted by molar-refractivity contribution is -0.116. The van der Waals surface area contributed by atoms with Crippen molar-refractivity contribution < 1.29 is 9.59 Å². The first-order valence-corrected chi connectivity index (χ1v) is 7.90. The number of nitrogens with one attached hydrogen (secondary N) is 1. The van der Waals surface area contributed by atoms with Crippen molar-refractivity contribution in [1.82, 2.24) is 0 Å². The molecule has 5 heteroatoms. The zero-order valence-corrected chi connectivity index (χ0v) is 13.6. The molecule has 0 atom stereocenters. The predicted molar refractivity (Wildman–Crippen MR) is 92.2 cm³/mol. The van der Waals surface area contributed by atoms with Gasteiger partial charge in [0, 0.05) is 35.4 Å². The largest absolute Gasteiger partial charge is 0.322 e. The summed E-state index contributed by atoms with van der Waals surface area (Å²) in [7, 11) is 0. The first-order chi connectivity index (χ1) is 11.0. The van der Waals surface area contributed by atoms with E-state index < -0.39 is 0 Å². The van der Waals surface area contributed by atoms with E-state index >= 15 is 0 Å². The van der Waals surface area contributed by atoms with E-state index in [1.807, 2.05) is 18.2 Å². The molecule has 1 aliphatic heterocycles. The smallest absolute Gasteiger partial charge is 0.255 e. The number of fused-ring (bicyclic) bond motifs is 1. The molecule has 0 bridgehead atoms. The average Bonchev–Trinajstić information content (AvgIpc) is 2.54. The molecule has 2 amide bonds. The summed E-state index contributed by atoms with van der Waals surface area (Å²) < 4.78 is 0. The number of benzene rings is 2. The number of amides is 2. The Morgan fingerprint density at radius 1 is 1.13 bits per heavy atom. The third-order valence-corrected chi connectivity index (χ3v) is 4.19. The van der Waals surface area contributed by atoms with Gasteiger partial charge in [0.05, 0.1) is 0 Å². The first-order valence-electron chi connectivity index (χ1n) is 7.52. The number of rotatable bonds is 2. The molecule has 0 saturated carbocycles. The zero-order valence-electron chi connectivity index (χ0n) is 12.8. The van der Waals surface area contributed by atoms with Crippen LogP contribution in [0, 0.1) is 0 Å². The summed E-state index contributed by atoms with van der Waals surface area (Å²) in [5.41, 5.74) is 3.31. The summed E-state index contributed by atoms with van der Waals surface area (Å²) in [4.78, 5) is 25.7. The lowest BCUT2D eigenvalue weighted by Crippen LogP contribution is -2.33. The molecule has 0 radical (unpaired) electrons. The molecule has 0 spiro atoms. The molecule has 0 saturated heterocycles. The Bertz CT molecular complexity index is 756. The summed E-state index contributed by atoms with van der Waals surface area (Å²) >= 11 is 5.83. The Hall–Kier alpha value is -2.33. The van der Waals surface area contributed by atoms with Gasteiger partial charge in [-0.05, 0) is 60.9 Å². The van der Waals surface area contributed by atoms with Gasteiger partial charge in [0.1, 0.15) is 0 Å². The number of carbonyl (C=O) groups excluding carboxylic acids is 2. The molecule has 4 nitrogen and oxygen atoms in total. The van der Waals surface area contributed by atoms with Crippen molar-refractivity contribution in [2.24, 2.45) is 0 Å². The van der Waals surface area contributed by atoms with Gasteiger partial charge in [0.25, 0.3) is 5.91 Å². The third-order valence-electron chi connectivity index (χ3n) is 3.94. The topological polar surface area (TPSA) is 49.4 Å². The van der Waals surface area contributed by atoms with E-state index in [2.05, 4.69) is 5.32 Å². The Morgan fingerprint density at radius 2 is 1.87 bits per heavy atom. The van der Waals surface area contributed by atoms with E-state index in [9.17, 15) is 9.59 Å². The predicted octanol–water partition coefficient (Wildman–Crippen LogP) is 3.89. The van der Waals surface area contributed by atoms with Crippen LogP contribution in [0.2, 0.25) is 5.02 Å². The van der Waals surface area contributed by atoms with Crippen molar-refractivity contribution in [2.45, 2.75) is 19.8 Å². The fourth-order valence-electron chi connectivity index (χ4n) is 2.81. The number of nitrogens with zero attached hydrogens (tertiary/aromatic N) is 1. The quantitative estimate of drug-likeness (QED) is 0.909. The molecule has 2 aromatic rings. The van der Waals surface area contributed by atoms with Gasteiger partial charge in [-0.2, -0.15) is 0 Å². The van der Waals surface area contributed by atoms with Gasteiger partial charge in [-0.15, -0.1) is 0 Å². The molecule has 1 heterocycles. The van der Waals surface area contributed by atoms with Gasteiger partial charge in [0.2, 0.25) is 5.91 Å². The van der Waals surface area contributed by atoms with Crippen molar-refractivity contribution >= 4 is 34.8 Å². The normalized spacial score (nSPS) is 13.4. The minimum atomic E-state index is -0.180. The maximum absolute atomic E-state index is 12.2. The summed E-state index contributed by atoms with van der Waals surface area (Å²) in [5.74, 6) is -0.134. The summed E-state index contributed by atoms with van der Waals surface area (Å²) in [6.07, 6.45) is 1.84. The number of carbonyl (C=O) groups is 2. The average molecular weight is 329 g/mol. The third kappa shape index (κ3) is 3.37. The highest BCUT2D eigenvalue weighted by molar-refractivity contribution is 6.30. The first kappa shape index (κ1) is 15.6. The van der Waals surface area contributed by atoms with Crippen molar-refractivity contribution in [2.75, 3.05) is 16.8 Å². The molecular weight excluding hydrogens is 312 g/mol. The van der Waals surface area contributed by atoms with Crippen molar-refractivity contribution in [1.29, 1.82) is 0 Å². The number of halogens is 1. The number of hydrogen-bond donors (Lipinski definition) is 1. The second-order valence-electron chi connectivity index (χ2n) is 5.58. The second-order valence-corrected chi connectivity index (χ2v) is 6.02. The molecule has 0 fully saturated rings. The van der Waals surface area contributed by atoms with Gasteiger partial charge in [0.15, 0.2) is 0 Å². The Kier molecular flexibility index (Phi) is 4.35. The van der Waals surface area contributed by atoms with Crippen LogP contribution < -0.4 is 10.2 Å². The lowest BCUT2D eigenvalue weighted by Gasteiger charge is -2.29. The molecule has 0 unspecified atom stereocenters. The number of aryl methyl sites for hydroxylation is 1. The van der Waals surface area contributed by atoms with Crippen LogP contribution in [0.25, 0.3) is 0 Å². The van der Waals surface area contributed by atoms with Crippen LogP contribution in [0.5, 0.6) is 0 Å². The second kappa shape index (κ2) is 6.42. The van der Waals surface area contributed by atoms with Gasteiger partial charge in [-0.1, -0.05) is 11.6 Å². The maximum Gasteiger partial charge on any atom is 0.255 e. The van der Waals surface area contributed by atoms with E-state index in [0.717, 1.165) is 36.3 Å². The highest BCUT2D eigenvalue weighted by Gasteiger charge is 2.20. The minimum absolute atomic E-state index is 0.0453. The van der Waals surface area contributed by atoms with Crippen LogP contribution in [0.15, 0.2) is 42.5 Å². The minimum Gasteiger partial charge on any atom is -0.322 e. The molecule has 23 heavy (non-hydrogen) atoms. The van der Waals surface area contributed by atoms with Gasteiger partial charge in [-0.25, -0.2) is 0 Å². The molecule has 118 valence electrons. The van der Waals surface area contributed by atoms with Crippen molar-refractivity contribution in [3.8, 4) is 0 Å². The molecule has 0 aliphatic carbocycles. The molecule has 2 aromatic carbocycles. The highest BCUT2D eigenvalue weighted by atomic mass is 35.5. The molecule has 0 aromatic heterocycles. The van der Waals surface area contributed by atoms with Crippen molar-refractivity contribution in [3.05, 3.63) is 58.6 Å².